The van der Waals surface area contributed by atoms with Crippen molar-refractivity contribution in [2.24, 2.45) is 0 Å². The summed E-state index contributed by atoms with van der Waals surface area (Å²) in [5, 5.41) is 1.09. The fourth-order valence-electron chi connectivity index (χ4n) is 3.75. The summed E-state index contributed by atoms with van der Waals surface area (Å²) in [6.07, 6.45) is 1.79. The molecule has 1 amide bonds. The molecule has 1 aliphatic heterocycles. The molecule has 1 fully saturated rings. The van der Waals surface area contributed by atoms with Crippen LogP contribution < -0.4 is 9.47 Å². The van der Waals surface area contributed by atoms with E-state index >= 15 is 0 Å². The van der Waals surface area contributed by atoms with Crippen LogP contribution in [0.5, 0.6) is 11.5 Å². The molecule has 27 heavy (non-hydrogen) atoms. The van der Waals surface area contributed by atoms with E-state index in [1.165, 1.54) is 0 Å². The minimum atomic E-state index is -0.121. The zero-order chi connectivity index (χ0) is 19.6. The van der Waals surface area contributed by atoms with E-state index in [0.29, 0.717) is 40.2 Å². The Morgan fingerprint density at radius 1 is 1.11 bits per heavy atom. The number of carbonyl (C=O) groups excluding carboxylic acids is 1. The summed E-state index contributed by atoms with van der Waals surface area (Å²) < 4.78 is 10.6. The molecule has 0 aromatic heterocycles. The third kappa shape index (κ3) is 3.74. The summed E-state index contributed by atoms with van der Waals surface area (Å²) >= 11 is 12.3. The van der Waals surface area contributed by atoms with Gasteiger partial charge in [0.05, 0.1) is 29.8 Å². The van der Waals surface area contributed by atoms with Crippen LogP contribution in [-0.4, -0.2) is 38.1 Å². The van der Waals surface area contributed by atoms with Crippen molar-refractivity contribution in [3.05, 3.63) is 57.6 Å². The van der Waals surface area contributed by atoms with E-state index in [9.17, 15) is 4.79 Å². The lowest BCUT2D eigenvalue weighted by Gasteiger charge is -2.29. The molecule has 1 saturated heterocycles. The molecule has 0 spiro atoms. The van der Waals surface area contributed by atoms with Crippen molar-refractivity contribution in [3.63, 3.8) is 0 Å². The van der Waals surface area contributed by atoms with Crippen LogP contribution in [-0.2, 0) is 5.41 Å². The lowest BCUT2D eigenvalue weighted by atomic mass is 9.77. The topological polar surface area (TPSA) is 38.8 Å². The van der Waals surface area contributed by atoms with Gasteiger partial charge in [-0.25, -0.2) is 0 Å². The first-order valence-corrected chi connectivity index (χ1v) is 9.66. The Hall–Kier alpha value is -1.91. The molecule has 2 aromatic rings. The van der Waals surface area contributed by atoms with Gasteiger partial charge in [0.25, 0.3) is 5.91 Å². The van der Waals surface area contributed by atoms with Gasteiger partial charge in [0.15, 0.2) is 0 Å². The highest BCUT2D eigenvalue weighted by Gasteiger charge is 2.40. The Labute approximate surface area is 170 Å². The van der Waals surface area contributed by atoms with Crippen molar-refractivity contribution in [3.8, 4) is 11.5 Å². The van der Waals surface area contributed by atoms with Gasteiger partial charge in [-0.15, -0.1) is 0 Å². The number of benzene rings is 2. The Balaban J connectivity index is 1.87. The highest BCUT2D eigenvalue weighted by atomic mass is 35.5. The van der Waals surface area contributed by atoms with Crippen LogP contribution in [0.15, 0.2) is 36.4 Å². The number of rotatable bonds is 5. The number of hydrogen-bond donors (Lipinski definition) is 0. The maximum atomic E-state index is 13.1. The van der Waals surface area contributed by atoms with Gasteiger partial charge in [0.1, 0.15) is 11.5 Å². The first-order chi connectivity index (χ1) is 12.9. The summed E-state index contributed by atoms with van der Waals surface area (Å²) in [4.78, 5) is 15.0. The van der Waals surface area contributed by atoms with Crippen LogP contribution >= 0.6 is 23.2 Å². The number of likely N-dealkylation sites (tertiary alicyclic amines) is 1. The maximum absolute atomic E-state index is 13.1. The standard InChI is InChI=1S/C21H23Cl2NO3/c1-4-21(14-5-8-17(22)18(23)11-14)9-10-24(13-21)20(25)16-7-6-15(26-2)12-19(16)27-3/h5-8,11-12H,4,9-10,13H2,1-3H3. The third-order valence-corrected chi connectivity index (χ3v) is 6.23. The zero-order valence-corrected chi connectivity index (χ0v) is 17.2. The molecule has 2 aromatic carbocycles. The van der Waals surface area contributed by atoms with E-state index in [1.54, 1.807) is 32.4 Å². The molecule has 3 rings (SSSR count). The number of ether oxygens (including phenoxy) is 2. The predicted octanol–water partition coefficient (Wildman–Crippen LogP) is 5.20. The molecule has 0 radical (unpaired) electrons. The van der Waals surface area contributed by atoms with E-state index in [2.05, 4.69) is 6.92 Å². The van der Waals surface area contributed by atoms with Crippen LogP contribution in [0.1, 0.15) is 35.7 Å². The van der Waals surface area contributed by atoms with Gasteiger partial charge in [0, 0.05) is 24.6 Å². The highest BCUT2D eigenvalue weighted by molar-refractivity contribution is 6.42. The van der Waals surface area contributed by atoms with Crippen LogP contribution in [0.2, 0.25) is 10.0 Å². The number of hydrogen-bond acceptors (Lipinski definition) is 3. The SMILES string of the molecule is CCC1(c2ccc(Cl)c(Cl)c2)CCN(C(=O)c2ccc(OC)cc2OC)C1. The van der Waals surface area contributed by atoms with Crippen molar-refractivity contribution in [2.75, 3.05) is 27.3 Å². The molecule has 144 valence electrons. The smallest absolute Gasteiger partial charge is 0.257 e. The van der Waals surface area contributed by atoms with Crippen LogP contribution in [0.4, 0.5) is 0 Å². The molecular weight excluding hydrogens is 385 g/mol. The van der Waals surface area contributed by atoms with Gasteiger partial charge in [0.2, 0.25) is 0 Å². The molecule has 1 heterocycles. The fourth-order valence-corrected chi connectivity index (χ4v) is 4.04. The first-order valence-electron chi connectivity index (χ1n) is 8.91. The minimum absolute atomic E-state index is 0.0371. The lowest BCUT2D eigenvalue weighted by Crippen LogP contribution is -2.34. The second kappa shape index (κ2) is 7.99. The summed E-state index contributed by atoms with van der Waals surface area (Å²) in [6, 6.07) is 11.0. The second-order valence-electron chi connectivity index (χ2n) is 6.81. The Bertz CT molecular complexity index is 855. The number of carbonyl (C=O) groups is 1. The van der Waals surface area contributed by atoms with Gasteiger partial charge >= 0.3 is 0 Å². The number of nitrogens with zero attached hydrogens (tertiary/aromatic N) is 1. The van der Waals surface area contributed by atoms with Crippen LogP contribution in [0.25, 0.3) is 0 Å². The van der Waals surface area contributed by atoms with Gasteiger partial charge in [-0.2, -0.15) is 0 Å². The average molecular weight is 408 g/mol. The number of methoxy groups -OCH3 is 2. The molecule has 0 saturated carbocycles. The Morgan fingerprint density at radius 2 is 1.89 bits per heavy atom. The van der Waals surface area contributed by atoms with Crippen molar-refractivity contribution >= 4 is 29.1 Å². The van der Waals surface area contributed by atoms with Crippen molar-refractivity contribution in [1.29, 1.82) is 0 Å². The molecule has 0 bridgehead atoms. The van der Waals surface area contributed by atoms with E-state index in [4.69, 9.17) is 32.7 Å². The molecular formula is C21H23Cl2NO3. The first kappa shape index (κ1) is 19.8. The normalized spacial score (nSPS) is 19.2. The minimum Gasteiger partial charge on any atom is -0.497 e. The van der Waals surface area contributed by atoms with Gasteiger partial charge in [-0.3, -0.25) is 4.79 Å². The number of halogens is 2. The predicted molar refractivity (Wildman–Crippen MR) is 108 cm³/mol. The van der Waals surface area contributed by atoms with Crippen LogP contribution in [0.3, 0.4) is 0 Å². The Kier molecular flexibility index (Phi) is 5.87. The second-order valence-corrected chi connectivity index (χ2v) is 7.62. The maximum Gasteiger partial charge on any atom is 0.257 e. The van der Waals surface area contributed by atoms with Crippen molar-refractivity contribution < 1.29 is 14.3 Å². The average Bonchev–Trinajstić information content (AvgIpc) is 3.14. The fraction of sp³-hybridized carbons (Fsp3) is 0.381. The molecule has 4 nitrogen and oxygen atoms in total. The molecule has 0 N–H and O–H groups in total. The lowest BCUT2D eigenvalue weighted by molar-refractivity contribution is 0.0779. The van der Waals surface area contributed by atoms with Crippen LogP contribution in [0, 0.1) is 0 Å². The summed E-state index contributed by atoms with van der Waals surface area (Å²) in [5.74, 6) is 1.14. The molecule has 6 heteroatoms. The Morgan fingerprint density at radius 3 is 2.52 bits per heavy atom. The molecule has 1 atom stereocenters. The molecule has 1 unspecified atom stereocenters. The van der Waals surface area contributed by atoms with Crippen molar-refractivity contribution in [2.45, 2.75) is 25.2 Å². The van der Waals surface area contributed by atoms with Gasteiger partial charge in [-0.05, 0) is 42.7 Å². The van der Waals surface area contributed by atoms with Gasteiger partial charge < -0.3 is 14.4 Å². The van der Waals surface area contributed by atoms with Gasteiger partial charge in [-0.1, -0.05) is 36.2 Å². The summed E-state index contributed by atoms with van der Waals surface area (Å²) in [5.41, 5.74) is 1.54. The van der Waals surface area contributed by atoms with E-state index in [1.807, 2.05) is 23.1 Å². The van der Waals surface area contributed by atoms with E-state index in [-0.39, 0.29) is 11.3 Å². The summed E-state index contributed by atoms with van der Waals surface area (Å²) in [7, 11) is 3.14. The monoisotopic (exact) mass is 407 g/mol. The molecule has 0 aliphatic carbocycles. The highest BCUT2D eigenvalue weighted by Crippen LogP contribution is 2.40. The van der Waals surface area contributed by atoms with Crippen molar-refractivity contribution in [1.82, 2.24) is 4.90 Å². The zero-order valence-electron chi connectivity index (χ0n) is 15.7. The quantitative estimate of drug-likeness (QED) is 0.682. The number of amides is 1. The third-order valence-electron chi connectivity index (χ3n) is 5.49. The largest absolute Gasteiger partial charge is 0.497 e. The van der Waals surface area contributed by atoms with E-state index in [0.717, 1.165) is 18.4 Å². The van der Waals surface area contributed by atoms with E-state index < -0.39 is 0 Å². The summed E-state index contributed by atoms with van der Waals surface area (Å²) in [6.45, 7) is 3.46. The molecule has 1 aliphatic rings.